The van der Waals surface area contributed by atoms with Crippen LogP contribution in [0.25, 0.3) is 0 Å². The second kappa shape index (κ2) is 5.92. The van der Waals surface area contributed by atoms with E-state index in [2.05, 4.69) is 15.4 Å². The van der Waals surface area contributed by atoms with Crippen molar-refractivity contribution in [3.05, 3.63) is 30.0 Å². The van der Waals surface area contributed by atoms with Crippen LogP contribution < -0.4 is 5.32 Å². The van der Waals surface area contributed by atoms with Crippen LogP contribution in [0.5, 0.6) is 0 Å². The lowest BCUT2D eigenvalue weighted by Crippen LogP contribution is -2.34. The Labute approximate surface area is 129 Å². The first-order chi connectivity index (χ1) is 10.6. The van der Waals surface area contributed by atoms with Gasteiger partial charge in [0.05, 0.1) is 11.6 Å². The summed E-state index contributed by atoms with van der Waals surface area (Å²) < 4.78 is 9.42. The number of rotatable bonds is 3. The molecule has 3 heterocycles. The SMILES string of the molecule is Cc1cc(NC(=O)[C@@H]2CCCO[C@H]2c2nccn2C)n(C)n1. The molecule has 7 nitrogen and oxygen atoms in total. The van der Waals surface area contributed by atoms with E-state index in [1.54, 1.807) is 10.9 Å². The molecule has 2 aromatic heterocycles. The Morgan fingerprint density at radius 1 is 1.45 bits per heavy atom. The minimum absolute atomic E-state index is 0.0456. The highest BCUT2D eigenvalue weighted by Crippen LogP contribution is 2.33. The molecule has 2 aromatic rings. The lowest BCUT2D eigenvalue weighted by molar-refractivity contribution is -0.130. The molecular formula is C15H21N5O2. The molecule has 1 amide bonds. The fraction of sp³-hybridized carbons (Fsp3) is 0.533. The number of nitrogens with zero attached hydrogens (tertiary/aromatic N) is 4. The van der Waals surface area contributed by atoms with Crippen LogP contribution in [0.15, 0.2) is 18.5 Å². The Kier molecular flexibility index (Phi) is 3.98. The smallest absolute Gasteiger partial charge is 0.231 e. The van der Waals surface area contributed by atoms with E-state index in [9.17, 15) is 4.79 Å². The monoisotopic (exact) mass is 303 g/mol. The van der Waals surface area contributed by atoms with Crippen molar-refractivity contribution in [2.75, 3.05) is 11.9 Å². The van der Waals surface area contributed by atoms with Gasteiger partial charge in [0.2, 0.25) is 5.91 Å². The van der Waals surface area contributed by atoms with E-state index in [4.69, 9.17) is 4.74 Å². The second-order valence-electron chi connectivity index (χ2n) is 5.72. The third-order valence-electron chi connectivity index (χ3n) is 4.03. The van der Waals surface area contributed by atoms with E-state index in [1.807, 2.05) is 37.8 Å². The normalized spacial score (nSPS) is 21.8. The van der Waals surface area contributed by atoms with E-state index in [0.29, 0.717) is 12.4 Å². The maximum absolute atomic E-state index is 12.7. The topological polar surface area (TPSA) is 74.0 Å². The molecule has 0 aliphatic carbocycles. The van der Waals surface area contributed by atoms with Crippen molar-refractivity contribution < 1.29 is 9.53 Å². The van der Waals surface area contributed by atoms with Gasteiger partial charge >= 0.3 is 0 Å². The van der Waals surface area contributed by atoms with Crippen LogP contribution in [0, 0.1) is 12.8 Å². The molecule has 22 heavy (non-hydrogen) atoms. The highest BCUT2D eigenvalue weighted by atomic mass is 16.5. The van der Waals surface area contributed by atoms with Gasteiger partial charge in [0.15, 0.2) is 0 Å². The first-order valence-corrected chi connectivity index (χ1v) is 7.46. The third-order valence-corrected chi connectivity index (χ3v) is 4.03. The summed E-state index contributed by atoms with van der Waals surface area (Å²) in [5, 5.41) is 7.20. The zero-order valence-corrected chi connectivity index (χ0v) is 13.1. The molecular weight excluding hydrogens is 282 g/mol. The minimum Gasteiger partial charge on any atom is -0.369 e. The number of hydrogen-bond acceptors (Lipinski definition) is 4. The number of anilines is 1. The van der Waals surface area contributed by atoms with Crippen LogP contribution in [-0.2, 0) is 23.6 Å². The van der Waals surface area contributed by atoms with Gasteiger partial charge in [-0.3, -0.25) is 9.48 Å². The Morgan fingerprint density at radius 3 is 2.91 bits per heavy atom. The van der Waals surface area contributed by atoms with Gasteiger partial charge in [-0.25, -0.2) is 4.98 Å². The summed E-state index contributed by atoms with van der Waals surface area (Å²) in [4.78, 5) is 17.0. The second-order valence-corrected chi connectivity index (χ2v) is 5.72. The minimum atomic E-state index is -0.303. The number of aromatic nitrogens is 4. The predicted molar refractivity (Wildman–Crippen MR) is 81.2 cm³/mol. The van der Waals surface area contributed by atoms with Gasteiger partial charge in [-0.05, 0) is 19.8 Å². The average Bonchev–Trinajstić information content (AvgIpc) is 3.04. The molecule has 0 spiro atoms. The Balaban J connectivity index is 1.80. The molecule has 0 radical (unpaired) electrons. The number of amides is 1. The van der Waals surface area contributed by atoms with Crippen molar-refractivity contribution in [3.63, 3.8) is 0 Å². The van der Waals surface area contributed by atoms with Crippen LogP contribution in [0.4, 0.5) is 5.82 Å². The van der Waals surface area contributed by atoms with Gasteiger partial charge in [-0.1, -0.05) is 0 Å². The quantitative estimate of drug-likeness (QED) is 0.934. The summed E-state index contributed by atoms with van der Waals surface area (Å²) in [7, 11) is 3.73. The van der Waals surface area contributed by atoms with Crippen LogP contribution in [-0.4, -0.2) is 31.8 Å². The van der Waals surface area contributed by atoms with Crippen molar-refractivity contribution in [2.24, 2.45) is 20.0 Å². The van der Waals surface area contributed by atoms with E-state index < -0.39 is 0 Å². The lowest BCUT2D eigenvalue weighted by atomic mass is 9.92. The average molecular weight is 303 g/mol. The molecule has 1 saturated heterocycles. The number of carbonyl (C=O) groups is 1. The van der Waals surface area contributed by atoms with Crippen LogP contribution >= 0.6 is 0 Å². The van der Waals surface area contributed by atoms with Crippen LogP contribution in [0.3, 0.4) is 0 Å². The van der Waals surface area contributed by atoms with Crippen LogP contribution in [0.2, 0.25) is 0 Å². The first kappa shape index (κ1) is 14.8. The zero-order chi connectivity index (χ0) is 15.7. The number of hydrogen-bond donors (Lipinski definition) is 1. The molecule has 0 unspecified atom stereocenters. The molecule has 1 aliphatic rings. The molecule has 7 heteroatoms. The molecule has 118 valence electrons. The third kappa shape index (κ3) is 2.76. The molecule has 1 aliphatic heterocycles. The standard InChI is InChI=1S/C15H21N5O2/c1-10-9-12(20(3)18-10)17-15(21)11-5-4-8-22-13(11)14-16-6-7-19(14)2/h6-7,9,11,13H,4-5,8H2,1-3H3,(H,17,21)/t11-,13-/m1/s1. The fourth-order valence-electron chi connectivity index (χ4n) is 2.90. The van der Waals surface area contributed by atoms with E-state index in [1.165, 1.54) is 0 Å². The summed E-state index contributed by atoms with van der Waals surface area (Å²) in [5.74, 6) is 1.20. The fourth-order valence-corrected chi connectivity index (χ4v) is 2.90. The highest BCUT2D eigenvalue weighted by molar-refractivity contribution is 5.92. The van der Waals surface area contributed by atoms with Gasteiger partial charge in [-0.15, -0.1) is 0 Å². The van der Waals surface area contributed by atoms with E-state index >= 15 is 0 Å². The van der Waals surface area contributed by atoms with Gasteiger partial charge in [-0.2, -0.15) is 5.10 Å². The maximum atomic E-state index is 12.7. The zero-order valence-electron chi connectivity index (χ0n) is 13.1. The van der Waals surface area contributed by atoms with Gasteiger partial charge in [0.1, 0.15) is 17.7 Å². The van der Waals surface area contributed by atoms with E-state index in [-0.39, 0.29) is 17.9 Å². The molecule has 0 bridgehead atoms. The van der Waals surface area contributed by atoms with Crippen molar-refractivity contribution in [2.45, 2.75) is 25.9 Å². The Morgan fingerprint density at radius 2 is 2.27 bits per heavy atom. The Bertz CT molecular complexity index is 675. The van der Waals surface area contributed by atoms with Crippen LogP contribution in [0.1, 0.15) is 30.5 Å². The maximum Gasteiger partial charge on any atom is 0.231 e. The summed E-state index contributed by atoms with van der Waals surface area (Å²) in [6.45, 7) is 2.56. The van der Waals surface area contributed by atoms with Crippen molar-refractivity contribution in [3.8, 4) is 0 Å². The predicted octanol–water partition coefficient (Wildman–Crippen LogP) is 1.57. The number of nitrogens with one attached hydrogen (secondary N) is 1. The number of aryl methyl sites for hydroxylation is 3. The van der Waals surface area contributed by atoms with Gasteiger partial charge < -0.3 is 14.6 Å². The highest BCUT2D eigenvalue weighted by Gasteiger charge is 2.35. The molecule has 3 rings (SSSR count). The number of ether oxygens (including phenoxy) is 1. The van der Waals surface area contributed by atoms with Gasteiger partial charge in [0.25, 0.3) is 0 Å². The molecule has 1 fully saturated rings. The summed E-state index contributed by atoms with van der Waals surface area (Å²) in [6, 6.07) is 1.86. The lowest BCUT2D eigenvalue weighted by Gasteiger charge is -2.30. The molecule has 0 aromatic carbocycles. The van der Waals surface area contributed by atoms with Crippen molar-refractivity contribution in [1.29, 1.82) is 0 Å². The molecule has 2 atom stereocenters. The summed E-state index contributed by atoms with van der Waals surface area (Å²) in [6.07, 6.45) is 4.96. The summed E-state index contributed by atoms with van der Waals surface area (Å²) >= 11 is 0. The largest absolute Gasteiger partial charge is 0.369 e. The van der Waals surface area contributed by atoms with Gasteiger partial charge in [0, 0.05) is 39.2 Å². The van der Waals surface area contributed by atoms with E-state index in [0.717, 1.165) is 24.4 Å². The molecule has 0 saturated carbocycles. The van der Waals surface area contributed by atoms with Crippen molar-refractivity contribution in [1.82, 2.24) is 19.3 Å². The molecule has 1 N–H and O–H groups in total. The number of carbonyl (C=O) groups excluding carboxylic acids is 1. The van der Waals surface area contributed by atoms with Crippen molar-refractivity contribution >= 4 is 11.7 Å². The summed E-state index contributed by atoms with van der Waals surface area (Å²) in [5.41, 5.74) is 0.873. The number of imidazole rings is 1. The first-order valence-electron chi connectivity index (χ1n) is 7.46. The Hall–Kier alpha value is -2.15.